The highest BCUT2D eigenvalue weighted by atomic mass is 127. The number of ether oxygens (including phenoxy) is 9. The zero-order valence-electron chi connectivity index (χ0n) is 36.7. The Kier molecular flexibility index (Phi) is 17.7. The minimum atomic E-state index is -1.70. The molecule has 10 atom stereocenters. The van der Waals surface area contributed by atoms with Crippen molar-refractivity contribution < 1.29 is 57.3 Å². The largest absolute Gasteiger partial charge is 0.452 e. The first kappa shape index (κ1) is 48.1. The highest BCUT2D eigenvalue weighted by Crippen LogP contribution is 2.36. The van der Waals surface area contributed by atoms with Gasteiger partial charge in [0.1, 0.15) is 30.5 Å². The van der Waals surface area contributed by atoms with Crippen molar-refractivity contribution in [1.82, 2.24) is 0 Å². The molecule has 0 amide bonds. The molecule has 2 fully saturated rings. The van der Waals surface area contributed by atoms with Gasteiger partial charge < -0.3 is 47.7 Å². The van der Waals surface area contributed by atoms with E-state index < -0.39 is 73.4 Å². The highest BCUT2D eigenvalue weighted by molar-refractivity contribution is 14.1. The topological polar surface area (TPSA) is 137 Å². The van der Waals surface area contributed by atoms with Crippen LogP contribution in [0.3, 0.4) is 0 Å². The van der Waals surface area contributed by atoms with Crippen LogP contribution in [0.25, 0.3) is 0 Å². The second kappa shape index (κ2) is 24.6. The molecule has 6 aromatic carbocycles. The number of rotatable bonds is 20. The monoisotopic (exact) mass is 1020 g/mol. The summed E-state index contributed by atoms with van der Waals surface area (Å²) in [5.74, 6) is -1.49. The molecule has 0 radical (unpaired) electrons. The Labute approximate surface area is 404 Å². The van der Waals surface area contributed by atoms with E-state index in [1.165, 1.54) is 0 Å². The molecule has 8 rings (SSSR count). The lowest BCUT2D eigenvalue weighted by molar-refractivity contribution is -0.363. The first-order valence-corrected chi connectivity index (χ1v) is 23.8. The second-order valence-electron chi connectivity index (χ2n) is 16.1. The van der Waals surface area contributed by atoms with Crippen LogP contribution in [-0.2, 0) is 69.1 Å². The van der Waals surface area contributed by atoms with Crippen molar-refractivity contribution in [2.45, 2.75) is 87.8 Å². The van der Waals surface area contributed by atoms with Gasteiger partial charge in [-0.25, -0.2) is 9.59 Å². The van der Waals surface area contributed by atoms with Gasteiger partial charge in [-0.1, -0.05) is 180 Å². The van der Waals surface area contributed by atoms with Crippen molar-refractivity contribution in [3.63, 3.8) is 0 Å². The van der Waals surface area contributed by atoms with Crippen LogP contribution in [0.4, 0.5) is 0 Å². The van der Waals surface area contributed by atoms with Gasteiger partial charge in [-0.3, -0.25) is 0 Å². The van der Waals surface area contributed by atoms with E-state index in [1.54, 1.807) is 60.7 Å². The summed E-state index contributed by atoms with van der Waals surface area (Å²) < 4.78 is 59.8. The minimum Gasteiger partial charge on any atom is -0.452 e. The lowest BCUT2D eigenvalue weighted by Gasteiger charge is -2.49. The van der Waals surface area contributed by atoms with Gasteiger partial charge in [0.15, 0.2) is 24.8 Å². The first-order valence-electron chi connectivity index (χ1n) is 22.2. The molecule has 6 aromatic rings. The first-order chi connectivity index (χ1) is 32.9. The average molecular weight is 1020 g/mol. The van der Waals surface area contributed by atoms with Gasteiger partial charge in [-0.2, -0.15) is 0 Å². The van der Waals surface area contributed by atoms with Crippen LogP contribution in [0, 0.1) is 0 Å². The van der Waals surface area contributed by atoms with Crippen LogP contribution < -0.4 is 0 Å². The van der Waals surface area contributed by atoms with E-state index in [-0.39, 0.29) is 42.0 Å². The smallest absolute Gasteiger partial charge is 0.338 e. The molecule has 2 aliphatic heterocycles. The van der Waals surface area contributed by atoms with Gasteiger partial charge >= 0.3 is 11.9 Å². The van der Waals surface area contributed by atoms with Gasteiger partial charge in [0.2, 0.25) is 0 Å². The minimum absolute atomic E-state index is 0.0597. The number of carbonyl (C=O) groups is 2. The number of hydrogen-bond acceptors (Lipinski definition) is 12. The van der Waals surface area contributed by atoms with Crippen LogP contribution in [0.2, 0.25) is 0 Å². The number of alkyl halides is 1. The molecule has 2 aliphatic rings. The number of halogens is 1. The molecule has 0 unspecified atom stereocenters. The maximum absolute atomic E-state index is 14.0. The number of hydrogen-bond donors (Lipinski definition) is 1. The molecule has 13 heteroatoms. The van der Waals surface area contributed by atoms with Crippen LogP contribution in [0.15, 0.2) is 182 Å². The Morgan fingerprint density at radius 2 is 0.851 bits per heavy atom. The Morgan fingerprint density at radius 3 is 1.31 bits per heavy atom. The fourth-order valence-electron chi connectivity index (χ4n) is 7.99. The number of benzene rings is 6. The zero-order chi connectivity index (χ0) is 46.2. The molecule has 0 saturated carbocycles. The fourth-order valence-corrected chi connectivity index (χ4v) is 8.70. The molecule has 0 spiro atoms. The molecule has 2 saturated heterocycles. The summed E-state index contributed by atoms with van der Waals surface area (Å²) in [6, 6.07) is 55.8. The summed E-state index contributed by atoms with van der Waals surface area (Å²) in [6.07, 6.45) is -11.4. The summed E-state index contributed by atoms with van der Waals surface area (Å²) in [5.41, 5.74) is 4.17. The van der Waals surface area contributed by atoms with Gasteiger partial charge in [0.05, 0.1) is 50.3 Å². The predicted octanol–water partition coefficient (Wildman–Crippen LogP) is 8.67. The SMILES string of the molecule is O=C(O[C@@H]1[C@@H](OC(=O)c2ccccc2)[C@H](O)O[C@H](CI)[C@@H]1O[C@H]1O[C@H](COCc2ccccc2)[C@H](OCc2ccccc2)[C@H](OCc2ccccc2)[C@H]1OCc1ccccc1)c1ccccc1. The average Bonchev–Trinajstić information content (AvgIpc) is 3.38. The number of esters is 2. The molecule has 0 aliphatic carbocycles. The molecule has 12 nitrogen and oxygen atoms in total. The number of aliphatic hydroxyl groups is 1. The van der Waals surface area contributed by atoms with Gasteiger partial charge in [-0.05, 0) is 46.5 Å². The summed E-state index contributed by atoms with van der Waals surface area (Å²) >= 11 is 2.12. The van der Waals surface area contributed by atoms with E-state index in [0.717, 1.165) is 22.3 Å². The Morgan fingerprint density at radius 1 is 0.448 bits per heavy atom. The predicted molar refractivity (Wildman–Crippen MR) is 256 cm³/mol. The van der Waals surface area contributed by atoms with Crippen molar-refractivity contribution >= 4 is 34.5 Å². The molecule has 2 heterocycles. The Balaban J connectivity index is 1.18. The zero-order valence-corrected chi connectivity index (χ0v) is 38.8. The van der Waals surface area contributed by atoms with Crippen molar-refractivity contribution in [3.05, 3.63) is 215 Å². The summed E-state index contributed by atoms with van der Waals surface area (Å²) in [7, 11) is 0. The normalized spacial score (nSPS) is 24.9. The van der Waals surface area contributed by atoms with Crippen molar-refractivity contribution in [2.24, 2.45) is 0 Å². The molecule has 1 N–H and O–H groups in total. The van der Waals surface area contributed by atoms with Crippen LogP contribution in [-0.4, -0.2) is 89.5 Å². The molecule has 67 heavy (non-hydrogen) atoms. The molecule has 0 aromatic heterocycles. The van der Waals surface area contributed by atoms with E-state index in [9.17, 15) is 14.7 Å². The van der Waals surface area contributed by atoms with Crippen molar-refractivity contribution in [3.8, 4) is 0 Å². The highest BCUT2D eigenvalue weighted by Gasteiger charge is 2.55. The standard InChI is InChI=1S/C54H53IO12/c55-31-43-46(48(65-51(56)41-27-15-5-16-28-41)49(53(58)63-43)66-52(57)42-29-17-6-18-30-42)67-54-50(62-35-40-25-13-4-14-26-40)47(61-34-39-23-11-3-12-24-39)45(60-33-38-21-9-2-10-22-38)44(64-54)36-59-32-37-19-7-1-8-20-37/h1-30,43-50,53-54,58H,31-36H2/t43-,44-,45+,46+,47+,48+,49-,50-,53-,54-/m1/s1. The van der Waals surface area contributed by atoms with Crippen LogP contribution >= 0.6 is 22.6 Å². The van der Waals surface area contributed by atoms with E-state index in [0.29, 0.717) is 6.61 Å². The number of aliphatic hydroxyl groups excluding tert-OH is 1. The maximum Gasteiger partial charge on any atom is 0.338 e. The fraction of sp³-hybridized carbons (Fsp3) is 0.296. The maximum atomic E-state index is 14.0. The summed E-state index contributed by atoms with van der Waals surface area (Å²) in [4.78, 5) is 27.7. The van der Waals surface area contributed by atoms with Crippen molar-refractivity contribution in [1.29, 1.82) is 0 Å². The molecule has 348 valence electrons. The van der Waals surface area contributed by atoms with Gasteiger partial charge in [0.25, 0.3) is 0 Å². The molecular weight excluding hydrogens is 967 g/mol. The third-order valence-corrected chi connectivity index (χ3v) is 12.3. The molecular formula is C54H53IO12. The lowest BCUT2D eigenvalue weighted by atomic mass is 9.96. The summed E-state index contributed by atoms with van der Waals surface area (Å²) in [5, 5.41) is 11.6. The summed E-state index contributed by atoms with van der Waals surface area (Å²) in [6.45, 7) is 0.905. The van der Waals surface area contributed by atoms with Crippen molar-refractivity contribution in [2.75, 3.05) is 11.0 Å². The van der Waals surface area contributed by atoms with E-state index in [1.807, 2.05) is 121 Å². The van der Waals surface area contributed by atoms with E-state index in [4.69, 9.17) is 42.6 Å². The van der Waals surface area contributed by atoms with Gasteiger partial charge in [-0.15, -0.1) is 0 Å². The quantitative estimate of drug-likeness (QED) is 0.0445. The Hall–Kier alpha value is -5.33. The van der Waals surface area contributed by atoms with E-state index in [2.05, 4.69) is 22.6 Å². The van der Waals surface area contributed by atoms with Gasteiger partial charge in [0, 0.05) is 4.43 Å². The third-order valence-electron chi connectivity index (χ3n) is 11.4. The lowest BCUT2D eigenvalue weighted by Crippen LogP contribution is -2.66. The third kappa shape index (κ3) is 13.2. The van der Waals surface area contributed by atoms with Crippen LogP contribution in [0.5, 0.6) is 0 Å². The van der Waals surface area contributed by atoms with E-state index >= 15 is 0 Å². The second-order valence-corrected chi connectivity index (χ2v) is 17.0. The van der Waals surface area contributed by atoms with Crippen LogP contribution in [0.1, 0.15) is 43.0 Å². The molecule has 0 bridgehead atoms. The Bertz CT molecular complexity index is 2380. The number of carbonyl (C=O) groups excluding carboxylic acids is 2.